The summed E-state index contributed by atoms with van der Waals surface area (Å²) < 4.78 is 36.9. The Bertz CT molecular complexity index is 588. The van der Waals surface area contributed by atoms with E-state index in [1.165, 1.54) is 24.0 Å². The van der Waals surface area contributed by atoms with Gasteiger partial charge in [0.05, 0.1) is 18.8 Å². The molecule has 1 rings (SSSR count). The van der Waals surface area contributed by atoms with Crippen LogP contribution < -0.4 is 0 Å². The van der Waals surface area contributed by atoms with Crippen LogP contribution in [0.25, 0.3) is 0 Å². The Hall–Kier alpha value is -1.29. The van der Waals surface area contributed by atoms with E-state index < -0.39 is 19.2 Å². The Morgan fingerprint density at radius 3 is 2.30 bits per heavy atom. The first-order valence-electron chi connectivity index (χ1n) is 7.87. The molecule has 6 heteroatoms. The van der Waals surface area contributed by atoms with Gasteiger partial charge >= 0.3 is 7.60 Å². The zero-order valence-electron chi connectivity index (χ0n) is 13.9. The van der Waals surface area contributed by atoms with E-state index >= 15 is 0 Å². The highest BCUT2D eigenvalue weighted by Crippen LogP contribution is 2.51. The molecule has 0 unspecified atom stereocenters. The molecule has 0 radical (unpaired) electrons. The molecule has 128 valence electrons. The molecule has 0 aliphatic heterocycles. The SMILES string of the molecule is CCCC/C(=C\P(=O)(OCC)OCC)C(=O)c1ccccc1F. The lowest BCUT2D eigenvalue weighted by molar-refractivity contribution is 0.102. The highest BCUT2D eigenvalue weighted by molar-refractivity contribution is 7.57. The first-order chi connectivity index (χ1) is 11.0. The maximum atomic E-state index is 13.9. The molecular formula is C17H24FO4P. The molecule has 0 heterocycles. The van der Waals surface area contributed by atoms with Crippen LogP contribution in [0.3, 0.4) is 0 Å². The van der Waals surface area contributed by atoms with Crippen molar-refractivity contribution in [3.05, 3.63) is 47.0 Å². The molecule has 0 aliphatic rings. The highest BCUT2D eigenvalue weighted by atomic mass is 31.2. The summed E-state index contributed by atoms with van der Waals surface area (Å²) in [6.07, 6.45) is 1.98. The molecule has 1 aromatic carbocycles. The number of halogens is 1. The fraction of sp³-hybridized carbons (Fsp3) is 0.471. The van der Waals surface area contributed by atoms with Gasteiger partial charge in [0.2, 0.25) is 0 Å². The van der Waals surface area contributed by atoms with Crippen LogP contribution in [-0.4, -0.2) is 19.0 Å². The lowest BCUT2D eigenvalue weighted by Gasteiger charge is -2.15. The standard InChI is InChI=1S/C17H24FO4P/c1-4-7-10-14(13-23(20,21-5-2)22-6-3)17(19)15-11-8-9-12-16(15)18/h8-9,11-13H,4-7,10H2,1-3H3/b14-13+. The molecule has 0 spiro atoms. The van der Waals surface area contributed by atoms with Gasteiger partial charge in [0.25, 0.3) is 0 Å². The monoisotopic (exact) mass is 342 g/mol. The maximum absolute atomic E-state index is 13.9. The predicted octanol–water partition coefficient (Wildman–Crippen LogP) is 5.35. The van der Waals surface area contributed by atoms with Crippen LogP contribution in [0.15, 0.2) is 35.7 Å². The van der Waals surface area contributed by atoms with Crippen molar-refractivity contribution >= 4 is 13.4 Å². The van der Waals surface area contributed by atoms with E-state index in [4.69, 9.17) is 9.05 Å². The average molecular weight is 342 g/mol. The van der Waals surface area contributed by atoms with Crippen LogP contribution in [0, 0.1) is 5.82 Å². The molecule has 23 heavy (non-hydrogen) atoms. The molecule has 0 atom stereocenters. The zero-order chi connectivity index (χ0) is 17.3. The van der Waals surface area contributed by atoms with E-state index in [-0.39, 0.29) is 24.4 Å². The normalized spacial score (nSPS) is 12.4. The summed E-state index contributed by atoms with van der Waals surface area (Å²) in [5, 5.41) is 0. The van der Waals surface area contributed by atoms with Crippen LogP contribution >= 0.6 is 7.60 Å². The highest BCUT2D eigenvalue weighted by Gasteiger charge is 2.25. The van der Waals surface area contributed by atoms with Crippen molar-refractivity contribution in [2.24, 2.45) is 0 Å². The van der Waals surface area contributed by atoms with Crippen molar-refractivity contribution in [3.63, 3.8) is 0 Å². The number of hydrogen-bond donors (Lipinski definition) is 0. The van der Waals surface area contributed by atoms with E-state index in [0.717, 1.165) is 12.8 Å². The Labute approximate surface area is 137 Å². The van der Waals surface area contributed by atoms with Crippen molar-refractivity contribution in [1.29, 1.82) is 0 Å². The van der Waals surface area contributed by atoms with Gasteiger partial charge in [0.15, 0.2) is 5.78 Å². The van der Waals surface area contributed by atoms with E-state index in [2.05, 4.69) is 0 Å². The molecule has 0 aliphatic carbocycles. The van der Waals surface area contributed by atoms with E-state index in [0.29, 0.717) is 6.42 Å². The molecule has 0 saturated carbocycles. The molecule has 0 amide bonds. The molecule has 4 nitrogen and oxygen atoms in total. The number of ketones is 1. The van der Waals surface area contributed by atoms with E-state index in [1.54, 1.807) is 19.9 Å². The van der Waals surface area contributed by atoms with Gasteiger partial charge in [-0.3, -0.25) is 9.36 Å². The predicted molar refractivity (Wildman–Crippen MR) is 89.2 cm³/mol. The Morgan fingerprint density at radius 2 is 1.78 bits per heavy atom. The van der Waals surface area contributed by atoms with Crippen molar-refractivity contribution < 1.29 is 22.8 Å². The van der Waals surface area contributed by atoms with Crippen molar-refractivity contribution in [3.8, 4) is 0 Å². The quantitative estimate of drug-likeness (QED) is 0.327. The number of Topliss-reactive ketones (excluding diaryl/α,β-unsaturated/α-hetero) is 1. The summed E-state index contributed by atoms with van der Waals surface area (Å²) in [6, 6.07) is 5.77. The van der Waals surface area contributed by atoms with E-state index in [9.17, 15) is 13.8 Å². The fourth-order valence-corrected chi connectivity index (χ4v) is 3.66. The van der Waals surface area contributed by atoms with Crippen LogP contribution in [0.5, 0.6) is 0 Å². The first-order valence-corrected chi connectivity index (χ1v) is 9.48. The van der Waals surface area contributed by atoms with Crippen molar-refractivity contribution in [2.75, 3.05) is 13.2 Å². The number of unbranched alkanes of at least 4 members (excludes halogenated alkanes) is 1. The number of allylic oxidation sites excluding steroid dienone is 1. The molecule has 0 bridgehead atoms. The van der Waals surface area contributed by atoms with Gasteiger partial charge in [0, 0.05) is 11.4 Å². The molecule has 0 saturated heterocycles. The number of benzene rings is 1. The summed E-state index contributed by atoms with van der Waals surface area (Å²) in [7, 11) is -3.51. The summed E-state index contributed by atoms with van der Waals surface area (Å²) in [5.41, 5.74) is 0.233. The zero-order valence-corrected chi connectivity index (χ0v) is 14.8. The number of carbonyl (C=O) groups excluding carboxylic acids is 1. The van der Waals surface area contributed by atoms with Crippen LogP contribution in [0.1, 0.15) is 50.4 Å². The number of rotatable bonds is 10. The van der Waals surface area contributed by atoms with Crippen molar-refractivity contribution in [2.45, 2.75) is 40.0 Å². The molecule has 0 aromatic heterocycles. The van der Waals surface area contributed by atoms with Gasteiger partial charge in [-0.25, -0.2) is 4.39 Å². The van der Waals surface area contributed by atoms with Gasteiger partial charge in [0.1, 0.15) is 5.82 Å². The Kier molecular flexibility index (Phi) is 8.38. The Balaban J connectivity index is 3.21. The summed E-state index contributed by atoms with van der Waals surface area (Å²) in [5.74, 6) is 0.184. The topological polar surface area (TPSA) is 52.6 Å². The molecule has 0 N–H and O–H groups in total. The second-order valence-electron chi connectivity index (χ2n) is 4.94. The smallest absolute Gasteiger partial charge is 0.306 e. The first kappa shape index (κ1) is 19.8. The third-order valence-electron chi connectivity index (χ3n) is 3.14. The third-order valence-corrected chi connectivity index (χ3v) is 5.01. The Morgan fingerprint density at radius 1 is 1.17 bits per heavy atom. The van der Waals surface area contributed by atoms with Crippen molar-refractivity contribution in [1.82, 2.24) is 0 Å². The third kappa shape index (κ3) is 6.02. The molecule has 0 fully saturated rings. The fourth-order valence-electron chi connectivity index (χ4n) is 2.08. The minimum atomic E-state index is -3.51. The van der Waals surface area contributed by atoms with Crippen LogP contribution in [0.2, 0.25) is 0 Å². The van der Waals surface area contributed by atoms with Gasteiger partial charge in [-0.1, -0.05) is 25.5 Å². The second kappa shape index (κ2) is 9.76. The minimum Gasteiger partial charge on any atom is -0.306 e. The van der Waals surface area contributed by atoms with Gasteiger partial charge < -0.3 is 9.05 Å². The van der Waals surface area contributed by atoms with Crippen LogP contribution in [-0.2, 0) is 13.6 Å². The van der Waals surface area contributed by atoms with Gasteiger partial charge in [-0.2, -0.15) is 0 Å². The minimum absolute atomic E-state index is 0.0330. The number of hydrogen-bond acceptors (Lipinski definition) is 4. The van der Waals surface area contributed by atoms with E-state index in [1.807, 2.05) is 6.92 Å². The summed E-state index contributed by atoms with van der Waals surface area (Å²) in [4.78, 5) is 12.6. The molecular weight excluding hydrogens is 318 g/mol. The van der Waals surface area contributed by atoms with Gasteiger partial charge in [-0.15, -0.1) is 0 Å². The van der Waals surface area contributed by atoms with Gasteiger partial charge in [-0.05, 0) is 38.8 Å². The lowest BCUT2D eigenvalue weighted by atomic mass is 10.00. The maximum Gasteiger partial charge on any atom is 0.354 e. The molecule has 1 aromatic rings. The lowest BCUT2D eigenvalue weighted by Crippen LogP contribution is -2.07. The van der Waals surface area contributed by atoms with Crippen LogP contribution in [0.4, 0.5) is 4.39 Å². The average Bonchev–Trinajstić information content (AvgIpc) is 2.51. The summed E-state index contributed by atoms with van der Waals surface area (Å²) in [6.45, 7) is 5.77. The largest absolute Gasteiger partial charge is 0.354 e. The number of carbonyl (C=O) groups is 1. The second-order valence-corrected chi connectivity index (χ2v) is 6.80. The summed E-state index contributed by atoms with van der Waals surface area (Å²) >= 11 is 0.